The second-order valence-electron chi connectivity index (χ2n) is 4.57. The van der Waals surface area contributed by atoms with Gasteiger partial charge in [-0.05, 0) is 30.7 Å². The van der Waals surface area contributed by atoms with Gasteiger partial charge in [-0.3, -0.25) is 0 Å². The van der Waals surface area contributed by atoms with Crippen LogP contribution in [0.25, 0.3) is 0 Å². The van der Waals surface area contributed by atoms with Gasteiger partial charge in [-0.1, -0.05) is 15.9 Å². The van der Waals surface area contributed by atoms with E-state index < -0.39 is 0 Å². The number of aromatic nitrogens is 3. The summed E-state index contributed by atoms with van der Waals surface area (Å²) in [5.41, 5.74) is 2.08. The van der Waals surface area contributed by atoms with Crippen LogP contribution in [-0.4, -0.2) is 36.1 Å². The van der Waals surface area contributed by atoms with E-state index in [4.69, 9.17) is 0 Å². The number of hydrogen-bond acceptors (Lipinski definition) is 6. The summed E-state index contributed by atoms with van der Waals surface area (Å²) in [7, 11) is 5.56. The molecule has 6 nitrogen and oxygen atoms in total. The third kappa shape index (κ3) is 3.57. The highest BCUT2D eigenvalue weighted by molar-refractivity contribution is 9.10. The lowest BCUT2D eigenvalue weighted by atomic mass is 10.2. The number of rotatable bonds is 4. The first-order chi connectivity index (χ1) is 9.47. The zero-order chi connectivity index (χ0) is 14.7. The summed E-state index contributed by atoms with van der Waals surface area (Å²) >= 11 is 3.48. The van der Waals surface area contributed by atoms with Crippen molar-refractivity contribution in [2.24, 2.45) is 0 Å². The largest absolute Gasteiger partial charge is 0.357 e. The fraction of sp³-hybridized carbons (Fsp3) is 0.308. The number of aryl methyl sites for hydroxylation is 1. The summed E-state index contributed by atoms with van der Waals surface area (Å²) in [4.78, 5) is 14.8. The van der Waals surface area contributed by atoms with E-state index in [0.717, 1.165) is 15.7 Å². The maximum Gasteiger partial charge on any atom is 0.233 e. The summed E-state index contributed by atoms with van der Waals surface area (Å²) < 4.78 is 1.01. The molecule has 0 aliphatic carbocycles. The minimum atomic E-state index is 0.505. The van der Waals surface area contributed by atoms with Gasteiger partial charge in [0.15, 0.2) is 0 Å². The third-order valence-corrected chi connectivity index (χ3v) is 3.00. The van der Waals surface area contributed by atoms with E-state index in [1.807, 2.05) is 44.1 Å². The molecule has 0 bridgehead atoms. The van der Waals surface area contributed by atoms with Crippen molar-refractivity contribution in [3.05, 3.63) is 28.2 Å². The average molecular weight is 337 g/mol. The normalized spacial score (nSPS) is 10.2. The zero-order valence-electron chi connectivity index (χ0n) is 11.9. The highest BCUT2D eigenvalue weighted by atomic mass is 79.9. The molecule has 2 N–H and O–H groups in total. The maximum absolute atomic E-state index is 4.37. The maximum atomic E-state index is 4.37. The summed E-state index contributed by atoms with van der Waals surface area (Å²) in [6.45, 7) is 2.04. The minimum absolute atomic E-state index is 0.505. The molecule has 2 aromatic rings. The second-order valence-corrected chi connectivity index (χ2v) is 5.48. The number of nitrogens with one attached hydrogen (secondary N) is 2. The van der Waals surface area contributed by atoms with Gasteiger partial charge in [-0.2, -0.15) is 15.0 Å². The molecule has 7 heteroatoms. The monoisotopic (exact) mass is 336 g/mol. The SMILES string of the molecule is CNc1nc(Nc2cc(C)cc(Br)c2)nc(N(C)C)n1. The average Bonchev–Trinajstić information content (AvgIpc) is 2.36. The van der Waals surface area contributed by atoms with Gasteiger partial charge in [0, 0.05) is 31.3 Å². The van der Waals surface area contributed by atoms with E-state index in [9.17, 15) is 0 Å². The lowest BCUT2D eigenvalue weighted by molar-refractivity contribution is 0.963. The molecule has 0 saturated carbocycles. The third-order valence-electron chi connectivity index (χ3n) is 2.55. The van der Waals surface area contributed by atoms with E-state index in [-0.39, 0.29) is 0 Å². The summed E-state index contributed by atoms with van der Waals surface area (Å²) in [5.74, 6) is 1.63. The molecule has 0 atom stereocenters. The Hall–Kier alpha value is -1.89. The van der Waals surface area contributed by atoms with Gasteiger partial charge in [0.05, 0.1) is 0 Å². The predicted octanol–water partition coefficient (Wildman–Crippen LogP) is 2.79. The van der Waals surface area contributed by atoms with Crippen LogP contribution in [0.2, 0.25) is 0 Å². The van der Waals surface area contributed by atoms with Crippen LogP contribution in [0.4, 0.5) is 23.5 Å². The summed E-state index contributed by atoms with van der Waals surface area (Å²) in [5, 5.41) is 6.13. The Bertz CT molecular complexity index is 594. The molecule has 20 heavy (non-hydrogen) atoms. The van der Waals surface area contributed by atoms with Crippen LogP contribution >= 0.6 is 15.9 Å². The molecule has 0 unspecified atom stereocenters. The van der Waals surface area contributed by atoms with Gasteiger partial charge in [0.2, 0.25) is 17.8 Å². The molecule has 106 valence electrons. The van der Waals surface area contributed by atoms with E-state index >= 15 is 0 Å². The first-order valence-electron chi connectivity index (χ1n) is 6.13. The van der Waals surface area contributed by atoms with Crippen LogP contribution in [0.1, 0.15) is 5.56 Å². The van der Waals surface area contributed by atoms with E-state index in [0.29, 0.717) is 17.8 Å². The Morgan fingerprint density at radius 2 is 1.75 bits per heavy atom. The van der Waals surface area contributed by atoms with E-state index in [1.165, 1.54) is 0 Å². The molecule has 0 spiro atoms. The van der Waals surface area contributed by atoms with Crippen LogP contribution in [0.3, 0.4) is 0 Å². The van der Waals surface area contributed by atoms with Crippen molar-refractivity contribution in [2.75, 3.05) is 36.7 Å². The summed E-state index contributed by atoms with van der Waals surface area (Å²) in [6, 6.07) is 6.05. The highest BCUT2D eigenvalue weighted by Crippen LogP contribution is 2.22. The topological polar surface area (TPSA) is 66.0 Å². The molecule has 1 heterocycles. The lowest BCUT2D eigenvalue weighted by Crippen LogP contribution is -2.15. The quantitative estimate of drug-likeness (QED) is 0.894. The van der Waals surface area contributed by atoms with Crippen molar-refractivity contribution >= 4 is 39.5 Å². The van der Waals surface area contributed by atoms with Crippen LogP contribution in [-0.2, 0) is 0 Å². The van der Waals surface area contributed by atoms with Crippen molar-refractivity contribution < 1.29 is 0 Å². The Kier molecular flexibility index (Phi) is 4.39. The number of anilines is 4. The zero-order valence-corrected chi connectivity index (χ0v) is 13.5. The molecule has 2 rings (SSSR count). The van der Waals surface area contributed by atoms with Crippen molar-refractivity contribution in [1.29, 1.82) is 0 Å². The molecule has 0 fully saturated rings. The van der Waals surface area contributed by atoms with Crippen LogP contribution < -0.4 is 15.5 Å². The fourth-order valence-corrected chi connectivity index (χ4v) is 2.28. The number of halogens is 1. The molecule has 0 aliphatic rings. The molecule has 1 aromatic heterocycles. The predicted molar refractivity (Wildman–Crippen MR) is 85.9 cm³/mol. The van der Waals surface area contributed by atoms with Crippen molar-refractivity contribution in [2.45, 2.75) is 6.92 Å². The van der Waals surface area contributed by atoms with Gasteiger partial charge >= 0.3 is 0 Å². The van der Waals surface area contributed by atoms with E-state index in [2.05, 4.69) is 41.5 Å². The smallest absolute Gasteiger partial charge is 0.233 e. The number of benzene rings is 1. The van der Waals surface area contributed by atoms with Crippen LogP contribution in [0.5, 0.6) is 0 Å². The molecule has 1 aromatic carbocycles. The fourth-order valence-electron chi connectivity index (χ4n) is 1.67. The highest BCUT2D eigenvalue weighted by Gasteiger charge is 2.08. The standard InChI is InChI=1S/C13H17BrN6/c1-8-5-9(14)7-10(6-8)16-12-17-11(15-2)18-13(19-12)20(3)4/h5-7H,1-4H3,(H2,15,16,17,18,19). The molecule has 0 radical (unpaired) electrons. The van der Waals surface area contributed by atoms with Crippen molar-refractivity contribution in [3.63, 3.8) is 0 Å². The Morgan fingerprint density at radius 1 is 1.05 bits per heavy atom. The van der Waals surface area contributed by atoms with Crippen molar-refractivity contribution in [3.8, 4) is 0 Å². The molecule has 0 saturated heterocycles. The van der Waals surface area contributed by atoms with Crippen LogP contribution in [0, 0.1) is 6.92 Å². The number of nitrogens with zero attached hydrogens (tertiary/aromatic N) is 4. The Labute approximate surface area is 126 Å². The van der Waals surface area contributed by atoms with Crippen LogP contribution in [0.15, 0.2) is 22.7 Å². The Balaban J connectivity index is 2.34. The van der Waals surface area contributed by atoms with Gasteiger partial charge in [-0.15, -0.1) is 0 Å². The summed E-state index contributed by atoms with van der Waals surface area (Å²) in [6.07, 6.45) is 0. The lowest BCUT2D eigenvalue weighted by Gasteiger charge is -2.13. The van der Waals surface area contributed by atoms with Crippen molar-refractivity contribution in [1.82, 2.24) is 15.0 Å². The molecule has 0 aliphatic heterocycles. The van der Waals surface area contributed by atoms with Gasteiger partial charge in [0.25, 0.3) is 0 Å². The second kappa shape index (κ2) is 6.04. The first kappa shape index (κ1) is 14.5. The first-order valence-corrected chi connectivity index (χ1v) is 6.92. The minimum Gasteiger partial charge on any atom is -0.357 e. The van der Waals surface area contributed by atoms with Gasteiger partial charge in [0.1, 0.15) is 0 Å². The Morgan fingerprint density at radius 3 is 2.35 bits per heavy atom. The molecular weight excluding hydrogens is 320 g/mol. The molecule has 0 amide bonds. The molecular formula is C13H17BrN6. The van der Waals surface area contributed by atoms with Gasteiger partial charge in [-0.25, -0.2) is 0 Å². The number of hydrogen-bond donors (Lipinski definition) is 2. The van der Waals surface area contributed by atoms with E-state index in [1.54, 1.807) is 7.05 Å². The van der Waals surface area contributed by atoms with Gasteiger partial charge < -0.3 is 15.5 Å².